The molecule has 0 aromatic heterocycles. The second kappa shape index (κ2) is 5.55. The fourth-order valence-electron chi connectivity index (χ4n) is 1.95. The molecule has 0 atom stereocenters. The first-order valence-corrected chi connectivity index (χ1v) is 6.33. The van der Waals surface area contributed by atoms with Crippen LogP contribution in [0.25, 0.3) is 0 Å². The number of nitrogens with one attached hydrogen (secondary N) is 1. The van der Waals surface area contributed by atoms with Crippen molar-refractivity contribution in [2.24, 2.45) is 4.99 Å². The molecule has 1 aliphatic carbocycles. The van der Waals surface area contributed by atoms with Crippen LogP contribution in [-0.2, 0) is 14.4 Å². The van der Waals surface area contributed by atoms with Gasteiger partial charge in [-0.15, -0.1) is 0 Å². The molecule has 3 aliphatic rings. The molecule has 10 nitrogen and oxygen atoms in total. The SMILES string of the molecule is O=C1C=C(C2=NC(=C3C=CN(O)C(F)=C3)ON2)C=C([N+](=O)[O-])C1=O. The van der Waals surface area contributed by atoms with Crippen LogP contribution in [0.15, 0.2) is 64.2 Å². The molecule has 0 saturated carbocycles. The molecule has 0 unspecified atom stereocenters. The Morgan fingerprint density at radius 3 is 2.75 bits per heavy atom. The molecule has 0 fully saturated rings. The summed E-state index contributed by atoms with van der Waals surface area (Å²) in [5, 5.41) is 20.1. The Hall–Kier alpha value is -3.60. The lowest BCUT2D eigenvalue weighted by Gasteiger charge is -2.13. The minimum absolute atomic E-state index is 0.0325. The van der Waals surface area contributed by atoms with Crippen LogP contribution in [0.1, 0.15) is 0 Å². The first-order valence-electron chi connectivity index (χ1n) is 6.33. The highest BCUT2D eigenvalue weighted by Gasteiger charge is 2.34. The maximum atomic E-state index is 13.3. The highest BCUT2D eigenvalue weighted by molar-refractivity contribution is 6.48. The quantitative estimate of drug-likeness (QED) is 0.244. The summed E-state index contributed by atoms with van der Waals surface area (Å²) in [6.07, 6.45) is 5.01. The molecule has 0 bridgehead atoms. The Morgan fingerprint density at radius 1 is 1.33 bits per heavy atom. The van der Waals surface area contributed by atoms with Gasteiger partial charge in [0.15, 0.2) is 5.84 Å². The molecular formula is C13H7FN4O6. The number of nitrogens with zero attached hydrogens (tertiary/aromatic N) is 3. The van der Waals surface area contributed by atoms with Gasteiger partial charge in [0.1, 0.15) is 0 Å². The maximum Gasteiger partial charge on any atom is 0.321 e. The molecule has 3 rings (SSSR count). The first-order chi connectivity index (χ1) is 11.4. The van der Waals surface area contributed by atoms with Crippen molar-refractivity contribution in [3.05, 3.63) is 69.3 Å². The van der Waals surface area contributed by atoms with Gasteiger partial charge in [-0.25, -0.2) is 10.5 Å². The molecule has 2 aliphatic heterocycles. The number of hydrogen-bond acceptors (Lipinski definition) is 9. The van der Waals surface area contributed by atoms with Crippen LogP contribution in [0.4, 0.5) is 4.39 Å². The van der Waals surface area contributed by atoms with Crippen molar-refractivity contribution in [3.63, 3.8) is 0 Å². The van der Waals surface area contributed by atoms with E-state index in [4.69, 9.17) is 10.0 Å². The number of Topliss-reactive ketones (excluding diaryl/α,β-unsaturated/α-hetero) is 1. The van der Waals surface area contributed by atoms with Crippen molar-refractivity contribution < 1.29 is 28.9 Å². The van der Waals surface area contributed by atoms with Crippen LogP contribution in [0.5, 0.6) is 0 Å². The first kappa shape index (κ1) is 15.3. The summed E-state index contributed by atoms with van der Waals surface area (Å²) < 4.78 is 13.3. The van der Waals surface area contributed by atoms with E-state index in [1.54, 1.807) is 0 Å². The van der Waals surface area contributed by atoms with E-state index in [1.165, 1.54) is 6.08 Å². The predicted molar refractivity (Wildman–Crippen MR) is 73.8 cm³/mol. The molecule has 122 valence electrons. The average Bonchev–Trinajstić information content (AvgIpc) is 3.02. The van der Waals surface area contributed by atoms with Crippen molar-refractivity contribution in [2.45, 2.75) is 0 Å². The summed E-state index contributed by atoms with van der Waals surface area (Å²) in [6.45, 7) is 0. The van der Waals surface area contributed by atoms with Gasteiger partial charge in [0.25, 0.3) is 5.88 Å². The molecule has 0 saturated heterocycles. The summed E-state index contributed by atoms with van der Waals surface area (Å²) in [4.78, 5) is 41.7. The average molecular weight is 334 g/mol. The Morgan fingerprint density at radius 2 is 2.08 bits per heavy atom. The second-order valence-corrected chi connectivity index (χ2v) is 4.63. The van der Waals surface area contributed by atoms with E-state index in [2.05, 4.69) is 10.5 Å². The molecule has 2 heterocycles. The summed E-state index contributed by atoms with van der Waals surface area (Å²) in [6, 6.07) is 0. The second-order valence-electron chi connectivity index (χ2n) is 4.63. The van der Waals surface area contributed by atoms with Gasteiger partial charge >= 0.3 is 11.5 Å². The van der Waals surface area contributed by atoms with E-state index in [9.17, 15) is 24.1 Å². The van der Waals surface area contributed by atoms with Crippen LogP contribution < -0.4 is 5.48 Å². The number of hydroxylamine groups is 3. The molecule has 24 heavy (non-hydrogen) atoms. The van der Waals surface area contributed by atoms with Crippen LogP contribution in [0, 0.1) is 10.1 Å². The zero-order valence-electron chi connectivity index (χ0n) is 11.6. The van der Waals surface area contributed by atoms with E-state index in [0.29, 0.717) is 0 Å². The Kier molecular flexibility index (Phi) is 3.54. The summed E-state index contributed by atoms with van der Waals surface area (Å²) >= 11 is 0. The number of ketones is 2. The van der Waals surface area contributed by atoms with Crippen LogP contribution in [0.3, 0.4) is 0 Å². The van der Waals surface area contributed by atoms with Gasteiger partial charge in [-0.2, -0.15) is 9.38 Å². The number of hydrogen-bond donors (Lipinski definition) is 2. The Labute approximate surface area is 132 Å². The Bertz CT molecular complexity index is 864. The lowest BCUT2D eigenvalue weighted by atomic mass is 10.0. The number of rotatable bonds is 2. The lowest BCUT2D eigenvalue weighted by molar-refractivity contribution is -0.418. The Balaban J connectivity index is 1.96. The molecule has 0 radical (unpaired) electrons. The van der Waals surface area contributed by atoms with Gasteiger partial charge in [-0.1, -0.05) is 0 Å². The van der Waals surface area contributed by atoms with Gasteiger partial charge in [0, 0.05) is 35.6 Å². The van der Waals surface area contributed by atoms with Crippen molar-refractivity contribution in [3.8, 4) is 0 Å². The monoisotopic (exact) mass is 334 g/mol. The number of halogens is 1. The maximum absolute atomic E-state index is 13.3. The zero-order valence-corrected chi connectivity index (χ0v) is 11.6. The van der Waals surface area contributed by atoms with Gasteiger partial charge < -0.3 is 4.84 Å². The van der Waals surface area contributed by atoms with E-state index >= 15 is 0 Å². The predicted octanol–water partition coefficient (Wildman–Crippen LogP) is 0.399. The fraction of sp³-hybridized carbons (Fsp3) is 0. The highest BCUT2D eigenvalue weighted by atomic mass is 19.1. The molecule has 0 amide bonds. The number of carbonyl (C=O) groups is 2. The smallest absolute Gasteiger partial charge is 0.321 e. The minimum Gasteiger partial charge on any atom is -0.359 e. The number of aliphatic imine (C=N–C) groups is 1. The van der Waals surface area contributed by atoms with E-state index in [-0.39, 0.29) is 27.9 Å². The molecule has 0 spiro atoms. The third kappa shape index (κ3) is 2.59. The van der Waals surface area contributed by atoms with E-state index < -0.39 is 28.1 Å². The largest absolute Gasteiger partial charge is 0.359 e. The number of amidine groups is 1. The van der Waals surface area contributed by atoms with Gasteiger partial charge in [-0.05, 0) is 6.08 Å². The lowest BCUT2D eigenvalue weighted by Crippen LogP contribution is -2.27. The van der Waals surface area contributed by atoms with Gasteiger partial charge in [0.2, 0.25) is 11.7 Å². The van der Waals surface area contributed by atoms with Crippen LogP contribution in [0.2, 0.25) is 0 Å². The number of allylic oxidation sites excluding steroid dienone is 5. The van der Waals surface area contributed by atoms with Gasteiger partial charge in [0.05, 0.1) is 4.92 Å². The molecule has 11 heteroatoms. The third-order valence-corrected chi connectivity index (χ3v) is 3.10. The summed E-state index contributed by atoms with van der Waals surface area (Å²) in [7, 11) is 0. The molecular weight excluding hydrogens is 327 g/mol. The topological polar surface area (TPSA) is 134 Å². The molecule has 2 N–H and O–H groups in total. The van der Waals surface area contributed by atoms with Crippen LogP contribution >= 0.6 is 0 Å². The van der Waals surface area contributed by atoms with E-state index in [1.807, 2.05) is 0 Å². The molecule has 0 aromatic rings. The van der Waals surface area contributed by atoms with E-state index in [0.717, 1.165) is 24.4 Å². The normalized spacial score (nSPS) is 23.2. The minimum atomic E-state index is -1.23. The fourth-order valence-corrected chi connectivity index (χ4v) is 1.95. The van der Waals surface area contributed by atoms with Crippen molar-refractivity contribution in [1.29, 1.82) is 0 Å². The summed E-state index contributed by atoms with van der Waals surface area (Å²) in [5.74, 6) is -3.42. The molecule has 0 aromatic carbocycles. The number of carbonyl (C=O) groups excluding carboxylic acids is 2. The zero-order chi connectivity index (χ0) is 17.4. The van der Waals surface area contributed by atoms with Crippen LogP contribution in [-0.4, -0.2) is 32.6 Å². The third-order valence-electron chi connectivity index (χ3n) is 3.10. The highest BCUT2D eigenvalue weighted by Crippen LogP contribution is 2.24. The van der Waals surface area contributed by atoms with Crippen molar-refractivity contribution in [2.75, 3.05) is 0 Å². The number of nitro groups is 1. The van der Waals surface area contributed by atoms with Crippen molar-refractivity contribution >= 4 is 17.4 Å². The summed E-state index contributed by atoms with van der Waals surface area (Å²) in [5.41, 5.74) is 1.57. The standard InChI is InChI=1S/C13H7FN4O6/c14-10-5-6(1-2-17(10)21)13-15-12(16-24-13)7-3-8(18(22)23)11(20)9(19)4-7/h1-5,21H,(H,15,16). The van der Waals surface area contributed by atoms with Crippen molar-refractivity contribution in [1.82, 2.24) is 10.5 Å². The van der Waals surface area contributed by atoms with Gasteiger partial charge in [-0.3, -0.25) is 24.9 Å².